The van der Waals surface area contributed by atoms with Crippen LogP contribution in [0.2, 0.25) is 5.02 Å². The van der Waals surface area contributed by atoms with Gasteiger partial charge in [-0.05, 0) is 24.6 Å². The van der Waals surface area contributed by atoms with Crippen LogP contribution in [0, 0.1) is 5.82 Å². The average Bonchev–Trinajstić information content (AvgIpc) is 2.73. The minimum atomic E-state index is -0.340. The number of rotatable bonds is 4. The van der Waals surface area contributed by atoms with Gasteiger partial charge in [-0.2, -0.15) is 0 Å². The maximum Gasteiger partial charge on any atom is 0.126 e. The molecule has 5 heteroatoms. The minimum Gasteiger partial charge on any atom is -0.379 e. The molecule has 0 atom stereocenters. The molecule has 0 amide bonds. The highest BCUT2D eigenvalue weighted by Gasteiger charge is 2.02. The maximum atomic E-state index is 13.1. The highest BCUT2D eigenvalue weighted by atomic mass is 35.5. The highest BCUT2D eigenvalue weighted by Crippen LogP contribution is 2.19. The van der Waals surface area contributed by atoms with E-state index in [0.717, 1.165) is 17.1 Å². The van der Waals surface area contributed by atoms with Crippen molar-refractivity contribution in [1.82, 2.24) is 4.98 Å². The summed E-state index contributed by atoms with van der Waals surface area (Å²) in [5.41, 5.74) is 1.63. The van der Waals surface area contributed by atoms with Gasteiger partial charge < -0.3 is 5.32 Å². The second kappa shape index (κ2) is 5.47. The first-order chi connectivity index (χ1) is 8.17. The summed E-state index contributed by atoms with van der Waals surface area (Å²) in [5.74, 6) is -0.340. The number of aryl methyl sites for hydroxylation is 1. The summed E-state index contributed by atoms with van der Waals surface area (Å²) in [6.45, 7) is 2.65. The molecule has 90 valence electrons. The second-order valence-electron chi connectivity index (χ2n) is 3.60. The van der Waals surface area contributed by atoms with Crippen molar-refractivity contribution in [2.45, 2.75) is 19.9 Å². The van der Waals surface area contributed by atoms with Crippen LogP contribution in [0.25, 0.3) is 0 Å². The molecule has 0 aliphatic rings. The van der Waals surface area contributed by atoms with E-state index in [1.807, 2.05) is 5.38 Å². The number of hydrogen-bond acceptors (Lipinski definition) is 3. The van der Waals surface area contributed by atoms with Gasteiger partial charge in [0, 0.05) is 16.1 Å². The molecule has 0 fully saturated rings. The van der Waals surface area contributed by atoms with E-state index in [9.17, 15) is 4.39 Å². The average molecular weight is 271 g/mol. The van der Waals surface area contributed by atoms with E-state index in [4.69, 9.17) is 11.6 Å². The van der Waals surface area contributed by atoms with Crippen molar-refractivity contribution in [3.8, 4) is 0 Å². The number of nitrogens with one attached hydrogen (secondary N) is 1. The molecular formula is C12H12ClFN2S. The number of anilines is 1. The summed E-state index contributed by atoms with van der Waals surface area (Å²) in [4.78, 5) is 4.42. The number of thiazole rings is 1. The van der Waals surface area contributed by atoms with Crippen LogP contribution >= 0.6 is 22.9 Å². The van der Waals surface area contributed by atoms with Gasteiger partial charge in [0.15, 0.2) is 0 Å². The number of hydrogen-bond donors (Lipinski definition) is 1. The number of aromatic nitrogens is 1. The molecule has 2 aromatic rings. The Hall–Kier alpha value is -1.13. The molecule has 0 saturated carbocycles. The molecule has 0 aliphatic carbocycles. The van der Waals surface area contributed by atoms with E-state index in [0.29, 0.717) is 17.3 Å². The molecule has 17 heavy (non-hydrogen) atoms. The molecular weight excluding hydrogens is 259 g/mol. The third-order valence-corrected chi connectivity index (χ3v) is 3.50. The topological polar surface area (TPSA) is 24.9 Å². The van der Waals surface area contributed by atoms with E-state index >= 15 is 0 Å². The second-order valence-corrected chi connectivity index (χ2v) is 4.98. The molecule has 1 aromatic carbocycles. The van der Waals surface area contributed by atoms with Crippen LogP contribution in [-0.2, 0) is 13.0 Å². The molecule has 1 N–H and O–H groups in total. The van der Waals surface area contributed by atoms with Crippen LogP contribution < -0.4 is 5.32 Å². The molecule has 1 aromatic heterocycles. The molecule has 1 heterocycles. The standard InChI is InChI=1S/C12H12ClFN2S/c1-2-12-16-11(7-17-12)6-15-10-4-8(13)3-9(14)5-10/h3-5,7,15H,2,6H2,1H3. The molecule has 0 radical (unpaired) electrons. The fraction of sp³-hybridized carbons (Fsp3) is 0.250. The lowest BCUT2D eigenvalue weighted by Gasteiger charge is -2.05. The third kappa shape index (κ3) is 3.41. The Bertz CT molecular complexity index is 493. The van der Waals surface area contributed by atoms with E-state index < -0.39 is 0 Å². The Morgan fingerprint density at radius 3 is 2.88 bits per heavy atom. The summed E-state index contributed by atoms with van der Waals surface area (Å²) in [5, 5.41) is 6.61. The van der Waals surface area contributed by atoms with Crippen LogP contribution in [0.5, 0.6) is 0 Å². The van der Waals surface area contributed by atoms with Gasteiger partial charge in [-0.25, -0.2) is 9.37 Å². The lowest BCUT2D eigenvalue weighted by atomic mass is 10.3. The van der Waals surface area contributed by atoms with Crippen molar-refractivity contribution in [2.75, 3.05) is 5.32 Å². The molecule has 0 bridgehead atoms. The van der Waals surface area contributed by atoms with Crippen molar-refractivity contribution in [2.24, 2.45) is 0 Å². The first-order valence-electron chi connectivity index (χ1n) is 5.30. The van der Waals surface area contributed by atoms with Gasteiger partial charge in [0.2, 0.25) is 0 Å². The summed E-state index contributed by atoms with van der Waals surface area (Å²) in [6, 6.07) is 4.39. The summed E-state index contributed by atoms with van der Waals surface area (Å²) in [7, 11) is 0. The zero-order valence-corrected chi connectivity index (χ0v) is 10.9. The third-order valence-electron chi connectivity index (χ3n) is 2.24. The van der Waals surface area contributed by atoms with Gasteiger partial charge >= 0.3 is 0 Å². The minimum absolute atomic E-state index is 0.340. The van der Waals surface area contributed by atoms with Crippen molar-refractivity contribution >= 4 is 28.6 Å². The van der Waals surface area contributed by atoms with Gasteiger partial charge in [0.05, 0.1) is 17.2 Å². The zero-order valence-electron chi connectivity index (χ0n) is 9.34. The number of nitrogens with zero attached hydrogens (tertiary/aromatic N) is 1. The number of benzene rings is 1. The summed E-state index contributed by atoms with van der Waals surface area (Å²) < 4.78 is 13.1. The Kier molecular flexibility index (Phi) is 3.97. The fourth-order valence-electron chi connectivity index (χ4n) is 1.44. The predicted octanol–water partition coefficient (Wildman–Crippen LogP) is 4.11. The molecule has 0 aliphatic heterocycles. The first-order valence-corrected chi connectivity index (χ1v) is 6.56. The molecule has 0 saturated heterocycles. The number of halogens is 2. The SMILES string of the molecule is CCc1nc(CNc2cc(F)cc(Cl)c2)cs1. The Morgan fingerprint density at radius 2 is 2.24 bits per heavy atom. The zero-order chi connectivity index (χ0) is 12.3. The predicted molar refractivity (Wildman–Crippen MR) is 70.2 cm³/mol. The quantitative estimate of drug-likeness (QED) is 0.904. The monoisotopic (exact) mass is 270 g/mol. The van der Waals surface area contributed by atoms with Crippen LogP contribution in [-0.4, -0.2) is 4.98 Å². The molecule has 0 spiro atoms. The largest absolute Gasteiger partial charge is 0.379 e. The van der Waals surface area contributed by atoms with E-state index in [-0.39, 0.29) is 5.82 Å². The molecule has 2 nitrogen and oxygen atoms in total. The summed E-state index contributed by atoms with van der Waals surface area (Å²) in [6.07, 6.45) is 0.941. The lowest BCUT2D eigenvalue weighted by molar-refractivity contribution is 0.628. The van der Waals surface area contributed by atoms with Crippen molar-refractivity contribution in [1.29, 1.82) is 0 Å². The Morgan fingerprint density at radius 1 is 1.41 bits per heavy atom. The van der Waals surface area contributed by atoms with Crippen LogP contribution in [0.4, 0.5) is 10.1 Å². The smallest absolute Gasteiger partial charge is 0.126 e. The van der Waals surface area contributed by atoms with Gasteiger partial charge in [0.25, 0.3) is 0 Å². The maximum absolute atomic E-state index is 13.1. The Labute approximate surface area is 108 Å². The fourth-order valence-corrected chi connectivity index (χ4v) is 2.41. The van der Waals surface area contributed by atoms with Gasteiger partial charge in [-0.1, -0.05) is 18.5 Å². The van der Waals surface area contributed by atoms with Gasteiger partial charge in [-0.3, -0.25) is 0 Å². The molecule has 0 unspecified atom stereocenters. The van der Waals surface area contributed by atoms with Crippen LogP contribution in [0.3, 0.4) is 0 Å². The highest BCUT2D eigenvalue weighted by molar-refractivity contribution is 7.09. The molecule has 2 rings (SSSR count). The first kappa shape index (κ1) is 12.3. The van der Waals surface area contributed by atoms with Crippen molar-refractivity contribution in [3.05, 3.63) is 45.1 Å². The normalized spacial score (nSPS) is 10.5. The van der Waals surface area contributed by atoms with Gasteiger partial charge in [-0.15, -0.1) is 11.3 Å². The van der Waals surface area contributed by atoms with Crippen molar-refractivity contribution < 1.29 is 4.39 Å². The van der Waals surface area contributed by atoms with E-state index in [1.54, 1.807) is 17.4 Å². The van der Waals surface area contributed by atoms with Gasteiger partial charge in [0.1, 0.15) is 5.82 Å². The Balaban J connectivity index is 2.01. The van der Waals surface area contributed by atoms with Crippen molar-refractivity contribution in [3.63, 3.8) is 0 Å². The van der Waals surface area contributed by atoms with Crippen LogP contribution in [0.15, 0.2) is 23.6 Å². The summed E-state index contributed by atoms with van der Waals surface area (Å²) >= 11 is 7.40. The van der Waals surface area contributed by atoms with E-state index in [1.165, 1.54) is 12.1 Å². The van der Waals surface area contributed by atoms with Crippen LogP contribution in [0.1, 0.15) is 17.6 Å². The van der Waals surface area contributed by atoms with E-state index in [2.05, 4.69) is 17.2 Å². The lowest BCUT2D eigenvalue weighted by Crippen LogP contribution is -2.00.